The molecule has 1 aromatic heterocycles. The zero-order valence-corrected chi connectivity index (χ0v) is 14.3. The highest BCUT2D eigenvalue weighted by atomic mass is 32.1. The zero-order chi connectivity index (χ0) is 16.1. The number of aromatic amines is 1. The lowest BCUT2D eigenvalue weighted by molar-refractivity contribution is 0.169. The third-order valence-electron chi connectivity index (χ3n) is 3.80. The number of nitrogens with zero attached hydrogens (tertiary/aromatic N) is 2. The summed E-state index contributed by atoms with van der Waals surface area (Å²) >= 11 is 5.41. The molecule has 2 N–H and O–H groups in total. The Labute approximate surface area is 137 Å². The van der Waals surface area contributed by atoms with Gasteiger partial charge in [-0.2, -0.15) is 5.10 Å². The van der Waals surface area contributed by atoms with E-state index >= 15 is 0 Å². The summed E-state index contributed by atoms with van der Waals surface area (Å²) < 4.78 is 2.59. The Morgan fingerprint density at radius 3 is 2.45 bits per heavy atom. The molecule has 0 spiro atoms. The topological polar surface area (TPSA) is 53.8 Å². The fraction of sp³-hybridized carbons (Fsp3) is 0.529. The van der Waals surface area contributed by atoms with Crippen LogP contribution in [0.15, 0.2) is 30.3 Å². The summed E-state index contributed by atoms with van der Waals surface area (Å²) in [7, 11) is 0. The van der Waals surface area contributed by atoms with Crippen molar-refractivity contribution in [1.82, 2.24) is 14.8 Å². The first-order chi connectivity index (χ1) is 10.5. The number of hydrogen-bond donors (Lipinski definition) is 2. The van der Waals surface area contributed by atoms with Crippen molar-refractivity contribution in [1.29, 1.82) is 0 Å². The highest BCUT2D eigenvalue weighted by molar-refractivity contribution is 7.71. The molecule has 0 aliphatic carbocycles. The molecule has 0 aliphatic heterocycles. The van der Waals surface area contributed by atoms with Gasteiger partial charge in [-0.05, 0) is 50.0 Å². The van der Waals surface area contributed by atoms with Crippen molar-refractivity contribution in [3.63, 3.8) is 0 Å². The molecular formula is C17H25N3OS. The minimum absolute atomic E-state index is 0.190. The number of hydrogen-bond acceptors (Lipinski definition) is 3. The molecule has 4 nitrogen and oxygen atoms in total. The van der Waals surface area contributed by atoms with Gasteiger partial charge in [-0.25, -0.2) is 0 Å². The van der Waals surface area contributed by atoms with E-state index in [1.54, 1.807) is 0 Å². The Morgan fingerprint density at radius 2 is 1.86 bits per heavy atom. The maximum absolute atomic E-state index is 9.84. The highest BCUT2D eigenvalue weighted by Gasteiger charge is 2.21. The molecule has 0 fully saturated rings. The monoisotopic (exact) mass is 319 g/mol. The Hall–Kier alpha value is -1.46. The predicted octanol–water partition coefficient (Wildman–Crippen LogP) is 4.22. The van der Waals surface area contributed by atoms with Crippen LogP contribution in [0.1, 0.15) is 51.8 Å². The van der Waals surface area contributed by atoms with Crippen molar-refractivity contribution in [3.8, 4) is 5.69 Å². The smallest absolute Gasteiger partial charge is 0.199 e. The molecule has 0 radical (unpaired) electrons. The van der Waals surface area contributed by atoms with Crippen LogP contribution in [-0.4, -0.2) is 26.0 Å². The summed E-state index contributed by atoms with van der Waals surface area (Å²) in [6.45, 7) is 6.26. The van der Waals surface area contributed by atoms with E-state index in [1.807, 2.05) is 41.8 Å². The van der Waals surface area contributed by atoms with E-state index in [0.717, 1.165) is 24.4 Å². The Bertz CT molecular complexity index is 631. The van der Waals surface area contributed by atoms with E-state index in [0.29, 0.717) is 17.1 Å². The fourth-order valence-electron chi connectivity index (χ4n) is 2.71. The van der Waals surface area contributed by atoms with Gasteiger partial charge in [0, 0.05) is 11.6 Å². The van der Waals surface area contributed by atoms with Crippen LogP contribution in [0.2, 0.25) is 0 Å². The second kappa shape index (κ2) is 7.70. The first-order valence-corrected chi connectivity index (χ1v) is 8.30. The molecule has 22 heavy (non-hydrogen) atoms. The quantitative estimate of drug-likeness (QED) is 0.751. The lowest BCUT2D eigenvalue weighted by Crippen LogP contribution is -2.14. The largest absolute Gasteiger partial charge is 0.393 e. The number of aliphatic hydroxyl groups is 1. The third-order valence-corrected chi connectivity index (χ3v) is 4.07. The fourth-order valence-corrected chi connectivity index (χ4v) is 2.95. The van der Waals surface area contributed by atoms with Crippen molar-refractivity contribution in [2.45, 2.75) is 52.1 Å². The van der Waals surface area contributed by atoms with Crippen molar-refractivity contribution in [2.24, 2.45) is 5.92 Å². The number of aliphatic hydroxyl groups excluding tert-OH is 1. The minimum atomic E-state index is -0.355. The van der Waals surface area contributed by atoms with Gasteiger partial charge in [0.05, 0.1) is 6.10 Å². The minimum Gasteiger partial charge on any atom is -0.393 e. The summed E-state index contributed by atoms with van der Waals surface area (Å²) in [6, 6.07) is 10.0. The molecule has 0 aliphatic rings. The van der Waals surface area contributed by atoms with Gasteiger partial charge < -0.3 is 5.11 Å². The molecule has 1 heterocycles. The first-order valence-electron chi connectivity index (χ1n) is 7.89. The summed E-state index contributed by atoms with van der Waals surface area (Å²) in [4.78, 5) is 0. The van der Waals surface area contributed by atoms with E-state index in [1.165, 1.54) is 0 Å². The second-order valence-corrected chi connectivity index (χ2v) is 6.70. The lowest BCUT2D eigenvalue weighted by Gasteiger charge is -2.20. The van der Waals surface area contributed by atoms with Crippen LogP contribution in [0.5, 0.6) is 0 Å². The number of nitrogens with one attached hydrogen (secondary N) is 1. The van der Waals surface area contributed by atoms with Crippen LogP contribution in [0.25, 0.3) is 5.69 Å². The Morgan fingerprint density at radius 1 is 1.18 bits per heavy atom. The van der Waals surface area contributed by atoms with Crippen LogP contribution < -0.4 is 0 Å². The molecule has 120 valence electrons. The summed E-state index contributed by atoms with van der Waals surface area (Å²) in [5.41, 5.74) is 1.01. The molecular weight excluding hydrogens is 294 g/mol. The van der Waals surface area contributed by atoms with Crippen LogP contribution >= 0.6 is 12.2 Å². The molecule has 0 saturated carbocycles. The SMILES string of the molecule is CC(C)CC[C@H](C[C@H](C)O)c1n[nH]c(=S)n1-c1ccccc1. The molecule has 1 aromatic carbocycles. The second-order valence-electron chi connectivity index (χ2n) is 6.31. The molecule has 0 bridgehead atoms. The van der Waals surface area contributed by atoms with Gasteiger partial charge in [0.1, 0.15) is 5.82 Å². The standard InChI is InChI=1S/C17H25N3OS/c1-12(2)9-10-14(11-13(3)21)16-18-19-17(22)20(16)15-7-5-4-6-8-15/h4-8,12-14,21H,9-11H2,1-3H3,(H,19,22)/t13-,14+/m0/s1. The van der Waals surface area contributed by atoms with Gasteiger partial charge in [0.2, 0.25) is 0 Å². The average molecular weight is 319 g/mol. The van der Waals surface area contributed by atoms with E-state index in [9.17, 15) is 5.11 Å². The zero-order valence-electron chi connectivity index (χ0n) is 13.5. The van der Waals surface area contributed by atoms with Crippen LogP contribution in [-0.2, 0) is 0 Å². The normalized spacial score (nSPS) is 14.2. The molecule has 2 atom stereocenters. The van der Waals surface area contributed by atoms with Crippen molar-refractivity contribution >= 4 is 12.2 Å². The maximum atomic E-state index is 9.84. The number of rotatable bonds is 7. The first kappa shape index (κ1) is 16.9. The molecule has 0 saturated heterocycles. The number of para-hydroxylation sites is 1. The van der Waals surface area contributed by atoms with Crippen LogP contribution in [0.4, 0.5) is 0 Å². The maximum Gasteiger partial charge on any atom is 0.199 e. The summed E-state index contributed by atoms with van der Waals surface area (Å²) in [5.74, 6) is 1.73. The molecule has 0 amide bonds. The molecule has 5 heteroatoms. The number of H-pyrrole nitrogens is 1. The summed E-state index contributed by atoms with van der Waals surface area (Å²) in [5, 5.41) is 17.2. The van der Waals surface area contributed by atoms with Crippen LogP contribution in [0, 0.1) is 10.7 Å². The van der Waals surface area contributed by atoms with Crippen molar-refractivity contribution in [2.75, 3.05) is 0 Å². The molecule has 2 rings (SSSR count). The number of aromatic nitrogens is 3. The molecule has 2 aromatic rings. The average Bonchev–Trinajstić information content (AvgIpc) is 2.85. The van der Waals surface area contributed by atoms with Crippen molar-refractivity contribution in [3.05, 3.63) is 40.9 Å². The third kappa shape index (κ3) is 4.27. The van der Waals surface area contributed by atoms with Gasteiger partial charge in [0.15, 0.2) is 4.77 Å². The lowest BCUT2D eigenvalue weighted by atomic mass is 9.92. The van der Waals surface area contributed by atoms with Gasteiger partial charge in [-0.1, -0.05) is 38.5 Å². The van der Waals surface area contributed by atoms with E-state index in [2.05, 4.69) is 24.0 Å². The molecule has 0 unspecified atom stereocenters. The van der Waals surface area contributed by atoms with Crippen LogP contribution in [0.3, 0.4) is 0 Å². The van der Waals surface area contributed by atoms with Gasteiger partial charge in [-0.15, -0.1) is 0 Å². The van der Waals surface area contributed by atoms with Crippen molar-refractivity contribution < 1.29 is 5.11 Å². The van der Waals surface area contributed by atoms with E-state index in [4.69, 9.17) is 12.2 Å². The van der Waals surface area contributed by atoms with Gasteiger partial charge in [-0.3, -0.25) is 9.67 Å². The Kier molecular flexibility index (Phi) is 5.91. The van der Waals surface area contributed by atoms with E-state index in [-0.39, 0.29) is 12.0 Å². The predicted molar refractivity (Wildman–Crippen MR) is 91.9 cm³/mol. The Balaban J connectivity index is 2.37. The number of benzene rings is 1. The van der Waals surface area contributed by atoms with Gasteiger partial charge >= 0.3 is 0 Å². The summed E-state index contributed by atoms with van der Waals surface area (Å²) in [6.07, 6.45) is 2.44. The van der Waals surface area contributed by atoms with Gasteiger partial charge in [0.25, 0.3) is 0 Å². The highest BCUT2D eigenvalue weighted by Crippen LogP contribution is 2.28. The van der Waals surface area contributed by atoms with E-state index < -0.39 is 0 Å².